The summed E-state index contributed by atoms with van der Waals surface area (Å²) in [5.74, 6) is 0.786. The normalized spacial score (nSPS) is 16.4. The summed E-state index contributed by atoms with van der Waals surface area (Å²) in [7, 11) is 1.71. The van der Waals surface area contributed by atoms with Gasteiger partial charge in [0.2, 0.25) is 0 Å². The van der Waals surface area contributed by atoms with Crippen molar-refractivity contribution in [2.24, 2.45) is 4.99 Å². The Labute approximate surface area is 134 Å². The maximum absolute atomic E-state index is 12.8. The fourth-order valence-electron chi connectivity index (χ4n) is 2.55. The number of nitrogens with one attached hydrogen (secondary N) is 1. The van der Waals surface area contributed by atoms with Crippen molar-refractivity contribution in [1.82, 2.24) is 10.2 Å². The van der Waals surface area contributed by atoms with Crippen molar-refractivity contribution < 1.29 is 13.2 Å². The number of benzene rings is 1. The Morgan fingerprint density at radius 1 is 1.30 bits per heavy atom. The Morgan fingerprint density at radius 2 is 2.00 bits per heavy atom. The topological polar surface area (TPSA) is 30.9 Å². The quantitative estimate of drug-likeness (QED) is 0.526. The molecule has 1 saturated heterocycles. The average Bonchev–Trinajstić information content (AvgIpc) is 2.55. The summed E-state index contributed by atoms with van der Waals surface area (Å²) in [6.07, 6.45) is -2.56. The Balaban J connectivity index is 2.00. The zero-order chi connectivity index (χ0) is 16.9. The zero-order valence-electron chi connectivity index (χ0n) is 13.1. The van der Waals surface area contributed by atoms with E-state index in [1.54, 1.807) is 19.2 Å². The molecule has 0 aromatic heterocycles. The predicted octanol–water partition coefficient (Wildman–Crippen LogP) is 2.59. The van der Waals surface area contributed by atoms with Gasteiger partial charge in [-0.05, 0) is 18.2 Å². The van der Waals surface area contributed by atoms with Gasteiger partial charge in [0.05, 0.1) is 5.56 Å². The molecular weight excluding hydrogens is 305 g/mol. The molecule has 0 bridgehead atoms. The number of piperazine rings is 1. The van der Waals surface area contributed by atoms with Crippen molar-refractivity contribution in [1.29, 1.82) is 0 Å². The molecule has 1 heterocycles. The first-order valence-corrected chi connectivity index (χ1v) is 7.44. The van der Waals surface area contributed by atoms with Crippen LogP contribution in [-0.4, -0.2) is 50.6 Å². The van der Waals surface area contributed by atoms with Crippen LogP contribution < -0.4 is 10.2 Å². The number of guanidine groups is 1. The van der Waals surface area contributed by atoms with Crippen molar-refractivity contribution in [2.45, 2.75) is 6.18 Å². The number of halogens is 3. The largest absolute Gasteiger partial charge is 0.416 e. The molecule has 0 radical (unpaired) electrons. The second-order valence-electron chi connectivity index (χ2n) is 5.24. The third kappa shape index (κ3) is 4.40. The van der Waals surface area contributed by atoms with Gasteiger partial charge in [0.25, 0.3) is 0 Å². The Bertz CT molecular complexity index is 561. The van der Waals surface area contributed by atoms with Crippen LogP contribution in [0.2, 0.25) is 0 Å². The molecule has 1 fully saturated rings. The highest BCUT2D eigenvalue weighted by Gasteiger charge is 2.31. The first-order chi connectivity index (χ1) is 11.0. The average molecular weight is 326 g/mol. The molecule has 1 aromatic carbocycles. The number of anilines is 1. The van der Waals surface area contributed by atoms with Crippen LogP contribution in [0.15, 0.2) is 41.9 Å². The summed E-state index contributed by atoms with van der Waals surface area (Å²) in [4.78, 5) is 8.27. The van der Waals surface area contributed by atoms with Crippen molar-refractivity contribution in [3.05, 3.63) is 42.5 Å². The second kappa shape index (κ2) is 7.39. The molecule has 7 heteroatoms. The SMILES string of the molecule is C=CCNC(=NC)N1CCN(c2cccc(C(F)(F)F)c2)CC1. The fraction of sp³-hybridized carbons (Fsp3) is 0.438. The highest BCUT2D eigenvalue weighted by atomic mass is 19.4. The molecule has 23 heavy (non-hydrogen) atoms. The van der Waals surface area contributed by atoms with Gasteiger partial charge < -0.3 is 15.1 Å². The standard InChI is InChI=1S/C16H21F3N4/c1-3-7-21-15(20-2)23-10-8-22(9-11-23)14-6-4-5-13(12-14)16(17,18)19/h3-6,12H,1,7-11H2,2H3,(H,20,21). The summed E-state index contributed by atoms with van der Waals surface area (Å²) in [6.45, 7) is 6.98. The summed E-state index contributed by atoms with van der Waals surface area (Å²) >= 11 is 0. The van der Waals surface area contributed by atoms with Gasteiger partial charge in [-0.2, -0.15) is 13.2 Å². The van der Waals surface area contributed by atoms with Crippen molar-refractivity contribution in [3.8, 4) is 0 Å². The maximum atomic E-state index is 12.8. The number of alkyl halides is 3. The van der Waals surface area contributed by atoms with Gasteiger partial charge in [-0.25, -0.2) is 0 Å². The van der Waals surface area contributed by atoms with Gasteiger partial charge in [-0.3, -0.25) is 4.99 Å². The first-order valence-electron chi connectivity index (χ1n) is 7.44. The van der Waals surface area contributed by atoms with Crippen LogP contribution in [0.25, 0.3) is 0 Å². The summed E-state index contributed by atoms with van der Waals surface area (Å²) in [6, 6.07) is 5.48. The molecule has 126 valence electrons. The molecule has 2 rings (SSSR count). The van der Waals surface area contributed by atoms with Crippen LogP contribution in [0.4, 0.5) is 18.9 Å². The molecule has 1 aliphatic heterocycles. The number of hydrogen-bond acceptors (Lipinski definition) is 2. The number of aliphatic imine (C=N–C) groups is 1. The van der Waals surface area contributed by atoms with E-state index in [1.807, 2.05) is 4.90 Å². The monoisotopic (exact) mass is 326 g/mol. The predicted molar refractivity (Wildman–Crippen MR) is 86.8 cm³/mol. The maximum Gasteiger partial charge on any atom is 0.416 e. The van der Waals surface area contributed by atoms with E-state index in [9.17, 15) is 13.2 Å². The molecule has 0 amide bonds. The third-order valence-electron chi connectivity index (χ3n) is 3.73. The van der Waals surface area contributed by atoms with Crippen LogP contribution in [-0.2, 0) is 6.18 Å². The van der Waals surface area contributed by atoms with E-state index in [2.05, 4.69) is 21.8 Å². The van der Waals surface area contributed by atoms with E-state index in [0.717, 1.165) is 12.0 Å². The molecule has 1 aromatic rings. The number of nitrogens with zero attached hydrogens (tertiary/aromatic N) is 3. The van der Waals surface area contributed by atoms with E-state index in [1.165, 1.54) is 12.1 Å². The molecule has 0 aliphatic carbocycles. The van der Waals surface area contributed by atoms with Crippen LogP contribution in [0.5, 0.6) is 0 Å². The minimum atomic E-state index is -4.31. The highest BCUT2D eigenvalue weighted by Crippen LogP contribution is 2.31. The van der Waals surface area contributed by atoms with Crippen molar-refractivity contribution in [3.63, 3.8) is 0 Å². The molecule has 4 nitrogen and oxygen atoms in total. The molecule has 0 unspecified atom stereocenters. The summed E-state index contributed by atoms with van der Waals surface area (Å²) in [5.41, 5.74) is -0.00518. The molecule has 1 N–H and O–H groups in total. The molecular formula is C16H21F3N4. The molecule has 0 atom stereocenters. The van der Waals surface area contributed by atoms with E-state index in [0.29, 0.717) is 38.4 Å². The van der Waals surface area contributed by atoms with Gasteiger partial charge in [0, 0.05) is 45.5 Å². The van der Waals surface area contributed by atoms with Gasteiger partial charge in [0.1, 0.15) is 0 Å². The van der Waals surface area contributed by atoms with E-state index in [4.69, 9.17) is 0 Å². The van der Waals surface area contributed by atoms with E-state index < -0.39 is 11.7 Å². The number of rotatable bonds is 3. The summed E-state index contributed by atoms with van der Waals surface area (Å²) < 4.78 is 38.4. The Kier molecular flexibility index (Phi) is 5.52. The minimum absolute atomic E-state index is 0.605. The van der Waals surface area contributed by atoms with Crippen LogP contribution in [0.3, 0.4) is 0 Å². The lowest BCUT2D eigenvalue weighted by atomic mass is 10.1. The molecule has 0 spiro atoms. The van der Waals surface area contributed by atoms with E-state index in [-0.39, 0.29) is 0 Å². The molecule has 1 aliphatic rings. The Hall–Kier alpha value is -2.18. The van der Waals surface area contributed by atoms with Gasteiger partial charge in [-0.1, -0.05) is 12.1 Å². The lowest BCUT2D eigenvalue weighted by Crippen LogP contribution is -2.52. The lowest BCUT2D eigenvalue weighted by molar-refractivity contribution is -0.137. The van der Waals surface area contributed by atoms with Crippen LogP contribution in [0.1, 0.15) is 5.56 Å². The van der Waals surface area contributed by atoms with Gasteiger partial charge in [0.15, 0.2) is 5.96 Å². The van der Waals surface area contributed by atoms with Crippen LogP contribution >= 0.6 is 0 Å². The molecule has 0 saturated carbocycles. The summed E-state index contributed by atoms with van der Waals surface area (Å²) in [5, 5.41) is 3.16. The Morgan fingerprint density at radius 3 is 2.57 bits per heavy atom. The van der Waals surface area contributed by atoms with Crippen molar-refractivity contribution in [2.75, 3.05) is 44.7 Å². The van der Waals surface area contributed by atoms with Crippen LogP contribution in [0, 0.1) is 0 Å². The lowest BCUT2D eigenvalue weighted by Gasteiger charge is -2.37. The fourth-order valence-corrected chi connectivity index (χ4v) is 2.55. The second-order valence-corrected chi connectivity index (χ2v) is 5.24. The third-order valence-corrected chi connectivity index (χ3v) is 3.73. The smallest absolute Gasteiger partial charge is 0.368 e. The van der Waals surface area contributed by atoms with E-state index >= 15 is 0 Å². The zero-order valence-corrected chi connectivity index (χ0v) is 13.1. The van der Waals surface area contributed by atoms with Crippen molar-refractivity contribution >= 4 is 11.6 Å². The highest BCUT2D eigenvalue weighted by molar-refractivity contribution is 5.80. The number of hydrogen-bond donors (Lipinski definition) is 1. The van der Waals surface area contributed by atoms with Gasteiger partial charge >= 0.3 is 6.18 Å². The first kappa shape index (κ1) is 17.2. The minimum Gasteiger partial charge on any atom is -0.368 e. The van der Waals surface area contributed by atoms with Gasteiger partial charge in [-0.15, -0.1) is 6.58 Å².